The van der Waals surface area contributed by atoms with E-state index in [2.05, 4.69) is 172 Å². The lowest BCUT2D eigenvalue weighted by Crippen LogP contribution is -2.28. The molecule has 7 aromatic carbocycles. The first-order valence-corrected chi connectivity index (χ1v) is 16.5. The topological polar surface area (TPSA) is 13.1 Å². The van der Waals surface area contributed by atoms with Gasteiger partial charge in [0.05, 0.1) is 5.41 Å². The van der Waals surface area contributed by atoms with Crippen LogP contribution < -0.4 is 0 Å². The zero-order chi connectivity index (χ0) is 31.3. The van der Waals surface area contributed by atoms with Crippen LogP contribution in [0.25, 0.3) is 55.3 Å². The van der Waals surface area contributed by atoms with Crippen LogP contribution in [0.1, 0.15) is 47.2 Å². The van der Waals surface area contributed by atoms with E-state index < -0.39 is 5.41 Å². The minimum absolute atomic E-state index is 0.0856. The van der Waals surface area contributed by atoms with E-state index in [-0.39, 0.29) is 5.41 Å². The summed E-state index contributed by atoms with van der Waals surface area (Å²) >= 11 is 0. The molecule has 0 unspecified atom stereocenters. The summed E-state index contributed by atoms with van der Waals surface area (Å²) in [5.74, 6) is 0. The maximum absolute atomic E-state index is 6.84. The zero-order valence-electron chi connectivity index (χ0n) is 26.4. The van der Waals surface area contributed by atoms with Crippen molar-refractivity contribution in [2.45, 2.75) is 24.7 Å². The van der Waals surface area contributed by atoms with Gasteiger partial charge in [0.1, 0.15) is 11.2 Å². The van der Waals surface area contributed by atoms with Crippen molar-refractivity contribution in [3.63, 3.8) is 0 Å². The molecule has 0 radical (unpaired) electrons. The predicted molar refractivity (Wildman–Crippen MR) is 194 cm³/mol. The quantitative estimate of drug-likeness (QED) is 0.197. The molecule has 0 N–H and O–H groups in total. The van der Waals surface area contributed by atoms with Crippen LogP contribution in [-0.2, 0) is 10.8 Å². The fourth-order valence-corrected chi connectivity index (χ4v) is 8.97. The lowest BCUT2D eigenvalue weighted by molar-refractivity contribution is 0.661. The van der Waals surface area contributed by atoms with Crippen LogP contribution in [0.2, 0.25) is 0 Å². The molecule has 2 aliphatic carbocycles. The molecule has 1 nitrogen and oxygen atoms in total. The Morgan fingerprint density at radius 2 is 0.979 bits per heavy atom. The third-order valence-corrected chi connectivity index (χ3v) is 10.9. The highest BCUT2D eigenvalue weighted by atomic mass is 16.3. The van der Waals surface area contributed by atoms with Gasteiger partial charge in [0, 0.05) is 16.2 Å². The van der Waals surface area contributed by atoms with Crippen LogP contribution in [0.15, 0.2) is 162 Å². The van der Waals surface area contributed by atoms with E-state index in [4.69, 9.17) is 4.42 Å². The van der Waals surface area contributed by atoms with E-state index in [1.807, 2.05) is 0 Å². The number of furan rings is 1. The first kappa shape index (κ1) is 26.5. The van der Waals surface area contributed by atoms with Gasteiger partial charge in [-0.05, 0) is 91.0 Å². The van der Waals surface area contributed by atoms with Crippen LogP contribution in [0.3, 0.4) is 0 Å². The second-order valence-corrected chi connectivity index (χ2v) is 13.6. The van der Waals surface area contributed by atoms with Gasteiger partial charge in [0.25, 0.3) is 0 Å². The van der Waals surface area contributed by atoms with Gasteiger partial charge < -0.3 is 4.42 Å². The van der Waals surface area contributed by atoms with E-state index in [0.717, 1.165) is 21.9 Å². The van der Waals surface area contributed by atoms with Crippen LogP contribution in [-0.4, -0.2) is 0 Å². The van der Waals surface area contributed by atoms with Gasteiger partial charge in [-0.15, -0.1) is 0 Å². The zero-order valence-corrected chi connectivity index (χ0v) is 26.4. The monoisotopic (exact) mass is 600 g/mol. The minimum atomic E-state index is -0.446. The maximum atomic E-state index is 6.84. The van der Waals surface area contributed by atoms with E-state index in [0.29, 0.717) is 0 Å². The fraction of sp³-hybridized carbons (Fsp3) is 0.0870. The van der Waals surface area contributed by atoms with Crippen LogP contribution in [0.4, 0.5) is 0 Å². The molecule has 0 amide bonds. The number of benzene rings is 7. The van der Waals surface area contributed by atoms with Crippen molar-refractivity contribution >= 4 is 21.9 Å². The molecule has 10 rings (SSSR count). The van der Waals surface area contributed by atoms with Gasteiger partial charge >= 0.3 is 0 Å². The molecule has 1 heterocycles. The summed E-state index contributed by atoms with van der Waals surface area (Å²) in [5, 5.41) is 2.30. The van der Waals surface area contributed by atoms with E-state index >= 15 is 0 Å². The molecule has 0 bridgehead atoms. The molecule has 0 saturated heterocycles. The Labute approximate surface area is 274 Å². The van der Waals surface area contributed by atoms with Crippen molar-refractivity contribution in [3.05, 3.63) is 191 Å². The second-order valence-electron chi connectivity index (χ2n) is 13.6. The molecule has 2 aliphatic rings. The third-order valence-electron chi connectivity index (χ3n) is 10.9. The summed E-state index contributed by atoms with van der Waals surface area (Å²) < 4.78 is 6.84. The molecule has 0 aliphatic heterocycles. The summed E-state index contributed by atoms with van der Waals surface area (Å²) in [5.41, 5.74) is 16.9. The fourth-order valence-electron chi connectivity index (χ4n) is 8.97. The smallest absolute Gasteiger partial charge is 0.136 e. The molecular formula is C46H32O. The van der Waals surface area contributed by atoms with Gasteiger partial charge in [0.2, 0.25) is 0 Å². The van der Waals surface area contributed by atoms with E-state index in [9.17, 15) is 0 Å². The highest BCUT2D eigenvalue weighted by Gasteiger charge is 2.46. The van der Waals surface area contributed by atoms with Crippen LogP contribution in [0, 0.1) is 0 Å². The largest absolute Gasteiger partial charge is 0.456 e. The molecule has 1 aromatic heterocycles. The predicted octanol–water partition coefficient (Wildman–Crippen LogP) is 11.9. The van der Waals surface area contributed by atoms with Gasteiger partial charge in [-0.3, -0.25) is 0 Å². The SMILES string of the molecule is CC1(C)c2ccccc2-c2cccc(-c3ccc4c(c3)oc3cc5c(cc34)-c3ccccc3C5(c3ccccc3)c3ccccc3)c21. The number of fused-ring (bicyclic) bond motifs is 9. The number of hydrogen-bond donors (Lipinski definition) is 0. The Kier molecular flexibility index (Phi) is 5.33. The summed E-state index contributed by atoms with van der Waals surface area (Å²) in [6.45, 7) is 4.71. The average molecular weight is 601 g/mol. The third kappa shape index (κ3) is 3.44. The molecule has 0 fully saturated rings. The number of hydrogen-bond acceptors (Lipinski definition) is 1. The first-order chi connectivity index (χ1) is 23.1. The molecule has 47 heavy (non-hydrogen) atoms. The Hall–Kier alpha value is -5.66. The standard InChI is InChI=1S/C46H32O/c1-45(2)39-22-11-9-18-33(39)36-21-13-20-32(44(36)45)29-24-25-35-38-27-37-34-19-10-12-23-40(34)46(30-14-5-3-6-15-30,31-16-7-4-8-17-31)41(37)28-43(38)47-42(35)26-29/h3-28H,1-2H3. The molecule has 0 atom stereocenters. The molecular weight excluding hydrogens is 569 g/mol. The van der Waals surface area contributed by atoms with Gasteiger partial charge in [-0.25, -0.2) is 0 Å². The Balaban J connectivity index is 1.21. The van der Waals surface area contributed by atoms with Crippen molar-refractivity contribution in [3.8, 4) is 33.4 Å². The van der Waals surface area contributed by atoms with Crippen molar-refractivity contribution in [2.75, 3.05) is 0 Å². The van der Waals surface area contributed by atoms with Crippen LogP contribution in [0.5, 0.6) is 0 Å². The van der Waals surface area contributed by atoms with Crippen LogP contribution >= 0.6 is 0 Å². The summed E-state index contributed by atoms with van der Waals surface area (Å²) in [6, 6.07) is 57.9. The highest BCUT2D eigenvalue weighted by Crippen LogP contribution is 2.57. The van der Waals surface area contributed by atoms with E-state index in [1.165, 1.54) is 66.8 Å². The highest BCUT2D eigenvalue weighted by molar-refractivity contribution is 6.09. The molecule has 0 spiro atoms. The first-order valence-electron chi connectivity index (χ1n) is 16.5. The van der Waals surface area contributed by atoms with Gasteiger partial charge in [-0.1, -0.05) is 147 Å². The van der Waals surface area contributed by atoms with E-state index in [1.54, 1.807) is 0 Å². The van der Waals surface area contributed by atoms with Crippen molar-refractivity contribution in [1.82, 2.24) is 0 Å². The Bertz CT molecular complexity index is 2490. The van der Waals surface area contributed by atoms with Crippen molar-refractivity contribution < 1.29 is 4.42 Å². The van der Waals surface area contributed by atoms with Crippen molar-refractivity contribution in [2.24, 2.45) is 0 Å². The number of rotatable bonds is 3. The Morgan fingerprint density at radius 3 is 1.70 bits per heavy atom. The molecule has 222 valence electrons. The maximum Gasteiger partial charge on any atom is 0.136 e. The van der Waals surface area contributed by atoms with Crippen molar-refractivity contribution in [1.29, 1.82) is 0 Å². The summed E-state index contributed by atoms with van der Waals surface area (Å²) in [6.07, 6.45) is 0. The lowest BCUT2D eigenvalue weighted by Gasteiger charge is -2.33. The molecule has 8 aromatic rings. The second kappa shape index (κ2) is 9.44. The van der Waals surface area contributed by atoms with Gasteiger partial charge in [-0.2, -0.15) is 0 Å². The average Bonchev–Trinajstić information content (AvgIpc) is 3.71. The minimum Gasteiger partial charge on any atom is -0.456 e. The normalized spacial score (nSPS) is 14.9. The molecule has 0 saturated carbocycles. The summed E-state index contributed by atoms with van der Waals surface area (Å²) in [7, 11) is 0. The Morgan fingerprint density at radius 1 is 0.404 bits per heavy atom. The van der Waals surface area contributed by atoms with Gasteiger partial charge in [0.15, 0.2) is 0 Å². The lowest BCUT2D eigenvalue weighted by atomic mass is 9.67. The molecule has 1 heteroatoms. The summed E-state index contributed by atoms with van der Waals surface area (Å²) in [4.78, 5) is 0.